The molecule has 7 heteroatoms. The Labute approximate surface area is 91.3 Å². The summed E-state index contributed by atoms with van der Waals surface area (Å²) in [5, 5.41) is 13.6. The molecule has 0 saturated heterocycles. The molecule has 2 rings (SSSR count). The van der Waals surface area contributed by atoms with Crippen LogP contribution >= 0.6 is 11.5 Å². The van der Waals surface area contributed by atoms with Crippen LogP contribution in [-0.2, 0) is 6.54 Å². The van der Waals surface area contributed by atoms with E-state index in [0.717, 1.165) is 24.4 Å². The number of nitrogens with two attached hydrogens (primary N) is 1. The molecule has 0 saturated carbocycles. The predicted molar refractivity (Wildman–Crippen MR) is 56.3 cm³/mol. The average molecular weight is 224 g/mol. The maximum Gasteiger partial charge on any atom is 0.0984 e. The summed E-state index contributed by atoms with van der Waals surface area (Å²) in [6, 6.07) is -0.287. The predicted octanol–water partition coefficient (Wildman–Crippen LogP) is 0.588. The second kappa shape index (κ2) is 4.45. The van der Waals surface area contributed by atoms with Crippen LogP contribution in [0.15, 0.2) is 11.6 Å². The van der Waals surface area contributed by atoms with Gasteiger partial charge in [0.2, 0.25) is 0 Å². The van der Waals surface area contributed by atoms with E-state index in [9.17, 15) is 0 Å². The Morgan fingerprint density at radius 2 is 2.47 bits per heavy atom. The molecular formula is C8H12N6S. The van der Waals surface area contributed by atoms with Gasteiger partial charge in [-0.25, -0.2) is 4.68 Å². The van der Waals surface area contributed by atoms with Crippen molar-refractivity contribution in [3.63, 3.8) is 0 Å². The van der Waals surface area contributed by atoms with Crippen LogP contribution in [0, 0.1) is 0 Å². The van der Waals surface area contributed by atoms with E-state index in [0.29, 0.717) is 0 Å². The zero-order chi connectivity index (χ0) is 10.7. The van der Waals surface area contributed by atoms with Gasteiger partial charge in [-0.15, -0.1) is 10.2 Å². The van der Waals surface area contributed by atoms with E-state index in [1.807, 2.05) is 10.1 Å². The first-order chi connectivity index (χ1) is 7.33. The molecule has 0 aromatic carbocycles. The largest absolute Gasteiger partial charge is 0.318 e. The van der Waals surface area contributed by atoms with Gasteiger partial charge < -0.3 is 5.73 Å². The van der Waals surface area contributed by atoms with Gasteiger partial charge in [0.25, 0.3) is 0 Å². The topological polar surface area (TPSA) is 82.5 Å². The highest BCUT2D eigenvalue weighted by Gasteiger charge is 2.16. The Morgan fingerprint density at radius 1 is 1.60 bits per heavy atom. The maximum absolute atomic E-state index is 6.04. The fraction of sp³-hybridized carbons (Fsp3) is 0.500. The van der Waals surface area contributed by atoms with E-state index >= 15 is 0 Å². The van der Waals surface area contributed by atoms with Gasteiger partial charge in [-0.05, 0) is 18.0 Å². The molecule has 0 fully saturated rings. The lowest BCUT2D eigenvalue weighted by molar-refractivity contribution is 0.541. The summed E-state index contributed by atoms with van der Waals surface area (Å²) in [4.78, 5) is 0. The van der Waals surface area contributed by atoms with Gasteiger partial charge in [0.1, 0.15) is 0 Å². The van der Waals surface area contributed by atoms with Crippen LogP contribution in [0.3, 0.4) is 0 Å². The highest BCUT2D eigenvalue weighted by Crippen LogP contribution is 2.17. The summed E-state index contributed by atoms with van der Waals surface area (Å²) >= 11 is 1.29. The lowest BCUT2D eigenvalue weighted by atomic mass is 10.2. The quantitative estimate of drug-likeness (QED) is 0.821. The number of aromatic nitrogens is 5. The van der Waals surface area contributed by atoms with E-state index < -0.39 is 0 Å². The van der Waals surface area contributed by atoms with Gasteiger partial charge >= 0.3 is 0 Å². The van der Waals surface area contributed by atoms with Gasteiger partial charge in [0.05, 0.1) is 23.6 Å². The van der Waals surface area contributed by atoms with Gasteiger partial charge in [-0.3, -0.25) is 0 Å². The molecule has 6 nitrogen and oxygen atoms in total. The van der Waals surface area contributed by atoms with Gasteiger partial charge in [-0.1, -0.05) is 16.6 Å². The van der Waals surface area contributed by atoms with Crippen molar-refractivity contribution >= 4 is 11.5 Å². The molecule has 2 aromatic heterocycles. The Hall–Kier alpha value is -1.34. The monoisotopic (exact) mass is 224 g/mol. The van der Waals surface area contributed by atoms with Crippen molar-refractivity contribution in [3.05, 3.63) is 23.0 Å². The molecule has 0 aliphatic heterocycles. The number of hydrogen-bond acceptors (Lipinski definition) is 6. The number of rotatable bonds is 4. The van der Waals surface area contributed by atoms with Crippen molar-refractivity contribution in [2.24, 2.45) is 5.73 Å². The Balaban J connectivity index is 2.25. The molecule has 0 amide bonds. The molecule has 2 aromatic rings. The van der Waals surface area contributed by atoms with Crippen LogP contribution in [-0.4, -0.2) is 24.6 Å². The number of aryl methyl sites for hydroxylation is 1. The normalized spacial score (nSPS) is 12.9. The van der Waals surface area contributed by atoms with E-state index in [4.69, 9.17) is 5.73 Å². The molecule has 0 aliphatic carbocycles. The summed E-state index contributed by atoms with van der Waals surface area (Å²) in [6.07, 6.45) is 2.68. The van der Waals surface area contributed by atoms with Crippen LogP contribution in [0.1, 0.15) is 30.8 Å². The summed E-state index contributed by atoms with van der Waals surface area (Å²) in [5.41, 5.74) is 7.68. The molecule has 0 bridgehead atoms. The zero-order valence-electron chi connectivity index (χ0n) is 8.37. The summed E-state index contributed by atoms with van der Waals surface area (Å²) < 4.78 is 5.60. The first-order valence-electron chi connectivity index (χ1n) is 4.74. The van der Waals surface area contributed by atoms with Crippen molar-refractivity contribution in [2.45, 2.75) is 25.9 Å². The van der Waals surface area contributed by atoms with Gasteiger partial charge in [0.15, 0.2) is 0 Å². The smallest absolute Gasteiger partial charge is 0.0984 e. The minimum Gasteiger partial charge on any atom is -0.318 e. The second-order valence-electron chi connectivity index (χ2n) is 3.19. The van der Waals surface area contributed by atoms with Crippen LogP contribution < -0.4 is 5.73 Å². The fourth-order valence-electron chi connectivity index (χ4n) is 1.35. The molecule has 2 N–H and O–H groups in total. The maximum atomic E-state index is 6.04. The standard InChI is InChI=1S/C8H12N6S/c1-2-3-14-7(4-10-12-14)8(9)6-5-15-13-11-6/h4-5,8H,2-3,9H2,1H3. The van der Waals surface area contributed by atoms with Crippen LogP contribution in [0.2, 0.25) is 0 Å². The minimum absolute atomic E-state index is 0.287. The molecule has 15 heavy (non-hydrogen) atoms. The average Bonchev–Trinajstić information content (AvgIpc) is 2.87. The van der Waals surface area contributed by atoms with E-state index in [2.05, 4.69) is 26.8 Å². The number of nitrogens with zero attached hydrogens (tertiary/aromatic N) is 5. The third-order valence-corrected chi connectivity index (χ3v) is 2.62. The van der Waals surface area contributed by atoms with Crippen molar-refractivity contribution < 1.29 is 0 Å². The van der Waals surface area contributed by atoms with Crippen molar-refractivity contribution in [3.8, 4) is 0 Å². The SMILES string of the molecule is CCCn1nncc1C(N)c1csnn1. The van der Waals surface area contributed by atoms with Crippen LogP contribution in [0.4, 0.5) is 0 Å². The van der Waals surface area contributed by atoms with Gasteiger partial charge in [0, 0.05) is 11.9 Å². The molecule has 1 atom stereocenters. The second-order valence-corrected chi connectivity index (χ2v) is 3.80. The molecule has 0 aliphatic rings. The fourth-order valence-corrected chi connectivity index (χ4v) is 1.84. The van der Waals surface area contributed by atoms with E-state index in [-0.39, 0.29) is 6.04 Å². The summed E-state index contributed by atoms with van der Waals surface area (Å²) in [6.45, 7) is 2.90. The molecule has 0 radical (unpaired) electrons. The lowest BCUT2D eigenvalue weighted by Gasteiger charge is -2.09. The summed E-state index contributed by atoms with van der Waals surface area (Å²) in [5.74, 6) is 0. The summed E-state index contributed by atoms with van der Waals surface area (Å²) in [7, 11) is 0. The van der Waals surface area contributed by atoms with Crippen molar-refractivity contribution in [1.29, 1.82) is 0 Å². The first kappa shape index (κ1) is 10.2. The zero-order valence-corrected chi connectivity index (χ0v) is 9.18. The molecule has 1 unspecified atom stereocenters. The molecule has 2 heterocycles. The Bertz CT molecular complexity index is 408. The molecular weight excluding hydrogens is 212 g/mol. The highest BCUT2D eigenvalue weighted by atomic mass is 32.1. The Kier molecular flexibility index (Phi) is 3.02. The molecule has 80 valence electrons. The van der Waals surface area contributed by atoms with Crippen LogP contribution in [0.25, 0.3) is 0 Å². The van der Waals surface area contributed by atoms with Crippen molar-refractivity contribution in [1.82, 2.24) is 24.6 Å². The first-order valence-corrected chi connectivity index (χ1v) is 5.57. The molecule has 0 spiro atoms. The van der Waals surface area contributed by atoms with Crippen LogP contribution in [0.5, 0.6) is 0 Å². The lowest BCUT2D eigenvalue weighted by Crippen LogP contribution is -2.18. The highest BCUT2D eigenvalue weighted by molar-refractivity contribution is 7.03. The van der Waals surface area contributed by atoms with Gasteiger partial charge in [-0.2, -0.15) is 0 Å². The third-order valence-electron chi connectivity index (χ3n) is 2.10. The minimum atomic E-state index is -0.287. The number of hydrogen-bond donors (Lipinski definition) is 1. The van der Waals surface area contributed by atoms with E-state index in [1.165, 1.54) is 11.5 Å². The third kappa shape index (κ3) is 2.02. The van der Waals surface area contributed by atoms with E-state index in [1.54, 1.807) is 6.20 Å². The van der Waals surface area contributed by atoms with Crippen molar-refractivity contribution in [2.75, 3.05) is 0 Å². The Morgan fingerprint density at radius 3 is 3.13 bits per heavy atom.